The van der Waals surface area contributed by atoms with Crippen LogP contribution in [0.3, 0.4) is 0 Å². The lowest BCUT2D eigenvalue weighted by molar-refractivity contribution is -0.115. The third kappa shape index (κ3) is 2.27. The molecule has 0 atom stereocenters. The van der Waals surface area contributed by atoms with Crippen molar-refractivity contribution in [2.45, 2.75) is 6.42 Å². The van der Waals surface area contributed by atoms with Gasteiger partial charge in [0.05, 0.1) is 13.0 Å². The number of rotatable bonds is 4. The van der Waals surface area contributed by atoms with Crippen LogP contribution in [-0.4, -0.2) is 26.2 Å². The fourth-order valence-electron chi connectivity index (χ4n) is 1.64. The van der Waals surface area contributed by atoms with Crippen molar-refractivity contribution >= 4 is 17.3 Å². The second-order valence-corrected chi connectivity index (χ2v) is 3.52. The summed E-state index contributed by atoms with van der Waals surface area (Å²) in [5.74, 6) is 0.0686. The molecule has 0 unspecified atom stereocenters. The number of amides is 1. The number of anilines is 2. The SMILES string of the molecule is COCCNc1ccc2c(c1)CC(=O)N2. The lowest BCUT2D eigenvalue weighted by atomic mass is 10.1. The maximum Gasteiger partial charge on any atom is 0.228 e. The number of nitrogens with one attached hydrogen (secondary N) is 2. The van der Waals surface area contributed by atoms with Crippen LogP contribution >= 0.6 is 0 Å². The molecule has 0 aromatic heterocycles. The van der Waals surface area contributed by atoms with Crippen molar-refractivity contribution in [3.8, 4) is 0 Å². The van der Waals surface area contributed by atoms with Crippen molar-refractivity contribution < 1.29 is 9.53 Å². The predicted octanol–water partition coefficient (Wildman–Crippen LogP) is 1.24. The van der Waals surface area contributed by atoms with Crippen LogP contribution in [0, 0.1) is 0 Å². The number of hydrogen-bond acceptors (Lipinski definition) is 3. The van der Waals surface area contributed by atoms with Crippen molar-refractivity contribution in [3.05, 3.63) is 23.8 Å². The summed E-state index contributed by atoms with van der Waals surface area (Å²) in [6, 6.07) is 5.89. The van der Waals surface area contributed by atoms with Gasteiger partial charge in [0.25, 0.3) is 0 Å². The zero-order valence-electron chi connectivity index (χ0n) is 8.67. The van der Waals surface area contributed by atoms with Crippen LogP contribution in [0.15, 0.2) is 18.2 Å². The molecule has 0 spiro atoms. The van der Waals surface area contributed by atoms with Crippen LogP contribution in [0.5, 0.6) is 0 Å². The van der Waals surface area contributed by atoms with E-state index in [4.69, 9.17) is 4.74 Å². The first-order valence-corrected chi connectivity index (χ1v) is 4.95. The Hall–Kier alpha value is -1.55. The Kier molecular flexibility index (Phi) is 2.87. The molecule has 2 rings (SSSR count). The van der Waals surface area contributed by atoms with Gasteiger partial charge in [0, 0.05) is 25.0 Å². The van der Waals surface area contributed by atoms with Gasteiger partial charge in [-0.2, -0.15) is 0 Å². The topological polar surface area (TPSA) is 50.4 Å². The highest BCUT2D eigenvalue weighted by Crippen LogP contribution is 2.25. The van der Waals surface area contributed by atoms with E-state index in [0.29, 0.717) is 13.0 Å². The predicted molar refractivity (Wildman–Crippen MR) is 59.1 cm³/mol. The molecule has 0 saturated carbocycles. The van der Waals surface area contributed by atoms with Gasteiger partial charge in [0.2, 0.25) is 5.91 Å². The summed E-state index contributed by atoms with van der Waals surface area (Å²) in [5, 5.41) is 6.03. The Balaban J connectivity index is 2.03. The summed E-state index contributed by atoms with van der Waals surface area (Å²) in [5.41, 5.74) is 3.02. The second-order valence-electron chi connectivity index (χ2n) is 3.52. The van der Waals surface area contributed by atoms with Crippen LogP contribution in [0.2, 0.25) is 0 Å². The molecule has 2 N–H and O–H groups in total. The zero-order chi connectivity index (χ0) is 10.7. The fourth-order valence-corrected chi connectivity index (χ4v) is 1.64. The van der Waals surface area contributed by atoms with Gasteiger partial charge in [-0.25, -0.2) is 0 Å². The summed E-state index contributed by atoms with van der Waals surface area (Å²) in [4.78, 5) is 11.1. The van der Waals surface area contributed by atoms with Gasteiger partial charge in [-0.3, -0.25) is 4.79 Å². The van der Waals surface area contributed by atoms with E-state index in [0.717, 1.165) is 23.5 Å². The standard InChI is InChI=1S/C11H14N2O2/c1-15-5-4-12-9-2-3-10-8(6-9)7-11(14)13-10/h2-3,6,12H,4-5,7H2,1H3,(H,13,14). The van der Waals surface area contributed by atoms with E-state index in [1.807, 2.05) is 18.2 Å². The molecule has 1 aliphatic rings. The Morgan fingerprint density at radius 2 is 2.40 bits per heavy atom. The van der Waals surface area contributed by atoms with Crippen LogP contribution in [-0.2, 0) is 16.0 Å². The minimum absolute atomic E-state index is 0.0686. The second kappa shape index (κ2) is 4.31. The molecule has 4 nitrogen and oxygen atoms in total. The molecule has 1 heterocycles. The molecular formula is C11H14N2O2. The third-order valence-corrected chi connectivity index (χ3v) is 2.37. The monoisotopic (exact) mass is 206 g/mol. The molecule has 1 amide bonds. The fraction of sp³-hybridized carbons (Fsp3) is 0.364. The number of fused-ring (bicyclic) bond motifs is 1. The molecule has 0 saturated heterocycles. The molecule has 4 heteroatoms. The van der Waals surface area contributed by atoms with Crippen molar-refractivity contribution in [1.82, 2.24) is 0 Å². The van der Waals surface area contributed by atoms with Crippen molar-refractivity contribution in [3.63, 3.8) is 0 Å². The maximum atomic E-state index is 11.1. The number of ether oxygens (including phenoxy) is 1. The number of carbonyl (C=O) groups excluding carboxylic acids is 1. The van der Waals surface area contributed by atoms with Crippen LogP contribution in [0.1, 0.15) is 5.56 Å². The molecule has 15 heavy (non-hydrogen) atoms. The highest BCUT2D eigenvalue weighted by atomic mass is 16.5. The summed E-state index contributed by atoms with van der Waals surface area (Å²) in [6.45, 7) is 1.45. The first-order chi connectivity index (χ1) is 7.29. The van der Waals surface area contributed by atoms with E-state index in [2.05, 4.69) is 10.6 Å². The molecule has 0 aliphatic carbocycles. The van der Waals surface area contributed by atoms with Crippen LogP contribution in [0.4, 0.5) is 11.4 Å². The molecule has 80 valence electrons. The maximum absolute atomic E-state index is 11.1. The van der Waals surface area contributed by atoms with Gasteiger partial charge in [-0.15, -0.1) is 0 Å². The molecular weight excluding hydrogens is 192 g/mol. The van der Waals surface area contributed by atoms with E-state index in [1.54, 1.807) is 7.11 Å². The summed E-state index contributed by atoms with van der Waals surface area (Å²) >= 11 is 0. The molecule has 1 aromatic rings. The average molecular weight is 206 g/mol. The zero-order valence-corrected chi connectivity index (χ0v) is 8.67. The van der Waals surface area contributed by atoms with Gasteiger partial charge in [0.1, 0.15) is 0 Å². The third-order valence-electron chi connectivity index (χ3n) is 2.37. The van der Waals surface area contributed by atoms with Gasteiger partial charge < -0.3 is 15.4 Å². The minimum Gasteiger partial charge on any atom is -0.383 e. The highest BCUT2D eigenvalue weighted by molar-refractivity contribution is 5.99. The van der Waals surface area contributed by atoms with E-state index >= 15 is 0 Å². The van der Waals surface area contributed by atoms with Gasteiger partial charge in [-0.05, 0) is 23.8 Å². The van der Waals surface area contributed by atoms with E-state index in [9.17, 15) is 4.79 Å². The number of methoxy groups -OCH3 is 1. The molecule has 0 fully saturated rings. The average Bonchev–Trinajstić information content (AvgIpc) is 2.57. The molecule has 0 radical (unpaired) electrons. The summed E-state index contributed by atoms with van der Waals surface area (Å²) < 4.78 is 4.94. The Morgan fingerprint density at radius 1 is 1.53 bits per heavy atom. The normalized spacial score (nSPS) is 13.5. The first-order valence-electron chi connectivity index (χ1n) is 4.95. The number of carbonyl (C=O) groups is 1. The Morgan fingerprint density at radius 3 is 3.20 bits per heavy atom. The molecule has 0 bridgehead atoms. The van der Waals surface area contributed by atoms with Crippen LogP contribution < -0.4 is 10.6 Å². The summed E-state index contributed by atoms with van der Waals surface area (Å²) in [7, 11) is 1.67. The molecule has 1 aromatic carbocycles. The van der Waals surface area contributed by atoms with E-state index in [1.165, 1.54) is 0 Å². The van der Waals surface area contributed by atoms with Gasteiger partial charge in [-0.1, -0.05) is 0 Å². The van der Waals surface area contributed by atoms with E-state index < -0.39 is 0 Å². The van der Waals surface area contributed by atoms with E-state index in [-0.39, 0.29) is 5.91 Å². The lowest BCUT2D eigenvalue weighted by Gasteiger charge is -2.07. The Bertz CT molecular complexity index is 377. The lowest BCUT2D eigenvalue weighted by Crippen LogP contribution is -2.07. The smallest absolute Gasteiger partial charge is 0.228 e. The number of benzene rings is 1. The largest absolute Gasteiger partial charge is 0.383 e. The molecule has 1 aliphatic heterocycles. The quantitative estimate of drug-likeness (QED) is 0.729. The van der Waals surface area contributed by atoms with Crippen molar-refractivity contribution in [1.29, 1.82) is 0 Å². The summed E-state index contributed by atoms with van der Waals surface area (Å²) in [6.07, 6.45) is 0.481. The minimum atomic E-state index is 0.0686. The van der Waals surface area contributed by atoms with Gasteiger partial charge in [0.15, 0.2) is 0 Å². The van der Waals surface area contributed by atoms with Crippen molar-refractivity contribution in [2.75, 3.05) is 30.9 Å². The van der Waals surface area contributed by atoms with Gasteiger partial charge >= 0.3 is 0 Å². The number of hydrogen-bond donors (Lipinski definition) is 2. The first kappa shape index (κ1) is 9.98. The Labute approximate surface area is 88.6 Å². The van der Waals surface area contributed by atoms with Crippen molar-refractivity contribution in [2.24, 2.45) is 0 Å². The van der Waals surface area contributed by atoms with Crippen LogP contribution in [0.25, 0.3) is 0 Å². The highest BCUT2D eigenvalue weighted by Gasteiger charge is 2.16.